The van der Waals surface area contributed by atoms with Gasteiger partial charge in [-0.25, -0.2) is 9.97 Å². The topological polar surface area (TPSA) is 139 Å². The van der Waals surface area contributed by atoms with Crippen molar-refractivity contribution in [2.75, 3.05) is 0 Å². The maximum atomic E-state index is 9.37. The van der Waals surface area contributed by atoms with Crippen molar-refractivity contribution in [3.8, 4) is 22.3 Å². The molecule has 3 N–H and O–H groups in total. The second-order valence-electron chi connectivity index (χ2n) is 8.05. The predicted molar refractivity (Wildman–Crippen MR) is 141 cm³/mol. The van der Waals surface area contributed by atoms with Crippen LogP contribution in [0.5, 0.6) is 0 Å². The van der Waals surface area contributed by atoms with Gasteiger partial charge in [0.25, 0.3) is 0 Å². The standard InChI is InChI=1S/C27H19N9O/c37-36-27(34-32-25-28-21-15-7-13-19(23(21)30-25)17-9-3-1-4-10-17)35-33-26-29-22-16-8-14-20(24(22)31-26)18-11-5-2-6-12-18/h1-16,37H,(H,28,30)(H,29,31). The number of oxime groups is 1. The van der Waals surface area contributed by atoms with Crippen molar-refractivity contribution in [3.05, 3.63) is 97.1 Å². The van der Waals surface area contributed by atoms with E-state index in [1.54, 1.807) is 0 Å². The Balaban J connectivity index is 1.25. The molecule has 0 aliphatic rings. The smallest absolute Gasteiger partial charge is 0.323 e. The first-order valence-electron chi connectivity index (χ1n) is 11.4. The second-order valence-corrected chi connectivity index (χ2v) is 8.05. The number of imidazole rings is 2. The number of benzene rings is 4. The minimum absolute atomic E-state index is 0.242. The van der Waals surface area contributed by atoms with Crippen LogP contribution in [-0.2, 0) is 0 Å². The van der Waals surface area contributed by atoms with Crippen LogP contribution in [0.15, 0.2) is 123 Å². The third-order valence-electron chi connectivity index (χ3n) is 5.74. The van der Waals surface area contributed by atoms with E-state index in [2.05, 4.69) is 45.5 Å². The highest BCUT2D eigenvalue weighted by molar-refractivity contribution is 5.94. The van der Waals surface area contributed by atoms with Crippen LogP contribution in [-0.4, -0.2) is 31.1 Å². The van der Waals surface area contributed by atoms with Gasteiger partial charge in [-0.15, -0.1) is 20.5 Å². The van der Waals surface area contributed by atoms with Crippen LogP contribution in [0.25, 0.3) is 44.3 Å². The van der Waals surface area contributed by atoms with Crippen molar-refractivity contribution >= 4 is 39.9 Å². The molecule has 0 aliphatic carbocycles. The van der Waals surface area contributed by atoms with E-state index in [1.807, 2.05) is 97.1 Å². The molecule has 6 rings (SSSR count). The summed E-state index contributed by atoms with van der Waals surface area (Å²) in [7, 11) is 0. The number of H-pyrrole nitrogens is 2. The van der Waals surface area contributed by atoms with Gasteiger partial charge in [0.1, 0.15) is 0 Å². The van der Waals surface area contributed by atoms with Gasteiger partial charge in [-0.3, -0.25) is 0 Å². The summed E-state index contributed by atoms with van der Waals surface area (Å²) < 4.78 is 0. The zero-order chi connectivity index (χ0) is 25.0. The summed E-state index contributed by atoms with van der Waals surface area (Å²) >= 11 is 0. The Hall–Kier alpha value is -5.51. The van der Waals surface area contributed by atoms with Crippen molar-refractivity contribution in [1.29, 1.82) is 0 Å². The highest BCUT2D eigenvalue weighted by Gasteiger charge is 2.10. The molecule has 0 radical (unpaired) electrons. The average Bonchev–Trinajstić information content (AvgIpc) is 3.57. The van der Waals surface area contributed by atoms with E-state index < -0.39 is 0 Å². The molecule has 178 valence electrons. The molecule has 0 spiro atoms. The third kappa shape index (κ3) is 4.46. The van der Waals surface area contributed by atoms with Crippen LogP contribution in [0.1, 0.15) is 0 Å². The molecule has 10 nitrogen and oxygen atoms in total. The lowest BCUT2D eigenvalue weighted by Gasteiger charge is -2.01. The van der Waals surface area contributed by atoms with Gasteiger partial charge in [-0.2, -0.15) is 0 Å². The van der Waals surface area contributed by atoms with E-state index >= 15 is 0 Å². The van der Waals surface area contributed by atoms with Crippen LogP contribution in [0.2, 0.25) is 0 Å². The minimum Gasteiger partial charge on any atom is -0.408 e. The summed E-state index contributed by atoms with van der Waals surface area (Å²) in [5.41, 5.74) is 7.18. The lowest BCUT2D eigenvalue weighted by Crippen LogP contribution is -1.86. The summed E-state index contributed by atoms with van der Waals surface area (Å²) in [6.45, 7) is 0. The van der Waals surface area contributed by atoms with Crippen molar-refractivity contribution in [1.82, 2.24) is 19.9 Å². The first kappa shape index (κ1) is 22.0. The van der Waals surface area contributed by atoms with Gasteiger partial charge in [0.05, 0.1) is 22.1 Å². The van der Waals surface area contributed by atoms with Gasteiger partial charge in [0.2, 0.25) is 11.9 Å². The molecule has 2 aromatic heterocycles. The molecule has 0 unspecified atom stereocenters. The van der Waals surface area contributed by atoms with E-state index in [0.717, 1.165) is 44.3 Å². The molecule has 0 fully saturated rings. The fourth-order valence-corrected chi connectivity index (χ4v) is 4.09. The Morgan fingerprint density at radius 1 is 0.568 bits per heavy atom. The van der Waals surface area contributed by atoms with Crippen LogP contribution < -0.4 is 0 Å². The number of nitrogens with zero attached hydrogens (tertiary/aromatic N) is 7. The van der Waals surface area contributed by atoms with Crippen molar-refractivity contribution < 1.29 is 5.21 Å². The number of para-hydroxylation sites is 2. The molecular formula is C27H19N9O. The molecular weight excluding hydrogens is 466 g/mol. The third-order valence-corrected chi connectivity index (χ3v) is 5.74. The Bertz CT molecular complexity index is 1660. The van der Waals surface area contributed by atoms with Gasteiger partial charge in [-0.1, -0.05) is 84.9 Å². The van der Waals surface area contributed by atoms with Crippen molar-refractivity contribution in [2.45, 2.75) is 0 Å². The van der Waals surface area contributed by atoms with Gasteiger partial charge in [0, 0.05) is 11.1 Å². The van der Waals surface area contributed by atoms with Crippen molar-refractivity contribution in [2.24, 2.45) is 25.6 Å². The maximum absolute atomic E-state index is 9.37. The lowest BCUT2D eigenvalue weighted by molar-refractivity contribution is 0.317. The van der Waals surface area contributed by atoms with Crippen LogP contribution in [0, 0.1) is 0 Å². The minimum atomic E-state index is -0.354. The molecule has 0 saturated heterocycles. The first-order valence-corrected chi connectivity index (χ1v) is 11.4. The van der Waals surface area contributed by atoms with E-state index in [1.165, 1.54) is 0 Å². The Morgan fingerprint density at radius 3 is 1.46 bits per heavy atom. The van der Waals surface area contributed by atoms with Crippen LogP contribution >= 0.6 is 0 Å². The largest absolute Gasteiger partial charge is 0.408 e. The fourth-order valence-electron chi connectivity index (χ4n) is 4.09. The number of fused-ring (bicyclic) bond motifs is 2. The number of azo groups is 2. The number of hydrogen-bond donors (Lipinski definition) is 3. The Labute approximate surface area is 210 Å². The second kappa shape index (κ2) is 9.62. The lowest BCUT2D eigenvalue weighted by atomic mass is 10.0. The Kier molecular flexibility index (Phi) is 5.72. The summed E-state index contributed by atoms with van der Waals surface area (Å²) in [4.78, 5) is 15.2. The molecule has 6 aromatic rings. The molecule has 4 aromatic carbocycles. The van der Waals surface area contributed by atoms with E-state index in [0.29, 0.717) is 0 Å². The SMILES string of the molecule is ON=C(N=Nc1nc2cccc(-c3ccccc3)c2[nH]1)N=Nc1nc2cccc(-c3ccccc3)c2[nH]1. The number of hydrogen-bond acceptors (Lipinski definition) is 6. The zero-order valence-corrected chi connectivity index (χ0v) is 19.3. The van der Waals surface area contributed by atoms with E-state index in [-0.39, 0.29) is 17.9 Å². The summed E-state index contributed by atoms with van der Waals surface area (Å²) in [5.74, 6) is 0.129. The summed E-state index contributed by atoms with van der Waals surface area (Å²) in [5, 5.41) is 28.3. The molecule has 0 bridgehead atoms. The van der Waals surface area contributed by atoms with Crippen LogP contribution in [0.4, 0.5) is 11.9 Å². The molecule has 0 saturated carbocycles. The molecule has 37 heavy (non-hydrogen) atoms. The number of nitrogens with one attached hydrogen (secondary N) is 2. The fraction of sp³-hybridized carbons (Fsp3) is 0. The molecule has 0 aliphatic heterocycles. The maximum Gasteiger partial charge on any atom is 0.323 e. The number of rotatable bonds is 4. The van der Waals surface area contributed by atoms with Gasteiger partial charge in [0.15, 0.2) is 0 Å². The number of aromatic amines is 2. The molecule has 0 amide bonds. The summed E-state index contributed by atoms with van der Waals surface area (Å²) in [6, 6.07) is 31.5. The Morgan fingerprint density at radius 2 is 1.03 bits per heavy atom. The highest BCUT2D eigenvalue weighted by atomic mass is 16.4. The monoisotopic (exact) mass is 485 g/mol. The molecule has 10 heteroatoms. The van der Waals surface area contributed by atoms with E-state index in [4.69, 9.17) is 0 Å². The van der Waals surface area contributed by atoms with Gasteiger partial charge < -0.3 is 15.2 Å². The average molecular weight is 486 g/mol. The van der Waals surface area contributed by atoms with Crippen LogP contribution in [0.3, 0.4) is 0 Å². The van der Waals surface area contributed by atoms with Gasteiger partial charge in [-0.05, 0) is 28.4 Å². The number of aromatic nitrogens is 4. The zero-order valence-electron chi connectivity index (χ0n) is 19.3. The number of guanidine groups is 1. The first-order chi connectivity index (χ1) is 18.3. The molecule has 2 heterocycles. The highest BCUT2D eigenvalue weighted by Crippen LogP contribution is 2.30. The quantitative estimate of drug-likeness (QED) is 0.0788. The van der Waals surface area contributed by atoms with Crippen molar-refractivity contribution in [3.63, 3.8) is 0 Å². The predicted octanol–water partition coefficient (Wildman–Crippen LogP) is 7.39. The molecule has 0 atom stereocenters. The van der Waals surface area contributed by atoms with Gasteiger partial charge >= 0.3 is 5.96 Å². The van der Waals surface area contributed by atoms with E-state index in [9.17, 15) is 5.21 Å². The summed E-state index contributed by atoms with van der Waals surface area (Å²) in [6.07, 6.45) is 0. The normalized spacial score (nSPS) is 11.7.